The highest BCUT2D eigenvalue weighted by Gasteiger charge is 2.06. The quantitative estimate of drug-likeness (QED) is 0.706. The molecular formula is C17H13FN2O. The predicted molar refractivity (Wildman–Crippen MR) is 83.0 cm³/mol. The largest absolute Gasteiger partial charge is 0.323 e. The first kappa shape index (κ1) is 13.1. The fraction of sp³-hybridized carbons (Fsp3) is 0. The summed E-state index contributed by atoms with van der Waals surface area (Å²) in [5.41, 5.74) is 1.12. The number of benzene rings is 3. The second-order valence-corrected chi connectivity index (χ2v) is 4.62. The lowest BCUT2D eigenvalue weighted by molar-refractivity contribution is 0.262. The van der Waals surface area contributed by atoms with E-state index < -0.39 is 11.8 Å². The van der Waals surface area contributed by atoms with Gasteiger partial charge in [-0.15, -0.1) is 0 Å². The molecule has 3 aromatic rings. The van der Waals surface area contributed by atoms with Crippen molar-refractivity contribution >= 4 is 28.2 Å². The lowest BCUT2D eigenvalue weighted by Crippen LogP contribution is -2.19. The van der Waals surface area contributed by atoms with Gasteiger partial charge in [0.25, 0.3) is 0 Å². The Hall–Kier alpha value is -2.88. The number of rotatable bonds is 2. The van der Waals surface area contributed by atoms with Crippen LogP contribution < -0.4 is 10.6 Å². The van der Waals surface area contributed by atoms with Gasteiger partial charge in [0.05, 0.1) is 5.69 Å². The SMILES string of the molecule is O=C(Nc1cccc(F)c1)Nc1cccc2ccccc12. The summed E-state index contributed by atoms with van der Waals surface area (Å²) in [5.74, 6) is -0.391. The van der Waals surface area contributed by atoms with Gasteiger partial charge in [0, 0.05) is 11.1 Å². The Balaban J connectivity index is 1.80. The maximum atomic E-state index is 13.1. The molecule has 3 rings (SSSR count). The van der Waals surface area contributed by atoms with Gasteiger partial charge in [0.15, 0.2) is 0 Å². The third kappa shape index (κ3) is 3.00. The molecule has 0 fully saturated rings. The van der Waals surface area contributed by atoms with Crippen LogP contribution in [0.5, 0.6) is 0 Å². The topological polar surface area (TPSA) is 41.1 Å². The van der Waals surface area contributed by atoms with Gasteiger partial charge in [-0.25, -0.2) is 9.18 Å². The molecule has 0 bridgehead atoms. The zero-order valence-corrected chi connectivity index (χ0v) is 11.1. The van der Waals surface area contributed by atoms with E-state index in [9.17, 15) is 9.18 Å². The minimum absolute atomic E-state index is 0.391. The first-order valence-electron chi connectivity index (χ1n) is 6.54. The molecule has 0 saturated carbocycles. The highest BCUT2D eigenvalue weighted by molar-refractivity contribution is 6.06. The Morgan fingerprint density at radius 2 is 1.62 bits per heavy atom. The van der Waals surface area contributed by atoms with Crippen molar-refractivity contribution in [1.29, 1.82) is 0 Å². The van der Waals surface area contributed by atoms with Crippen molar-refractivity contribution in [2.75, 3.05) is 10.6 Å². The van der Waals surface area contributed by atoms with Crippen molar-refractivity contribution in [3.8, 4) is 0 Å². The normalized spacial score (nSPS) is 10.3. The zero-order valence-electron chi connectivity index (χ0n) is 11.1. The first-order valence-corrected chi connectivity index (χ1v) is 6.54. The van der Waals surface area contributed by atoms with Gasteiger partial charge in [0.2, 0.25) is 0 Å². The van der Waals surface area contributed by atoms with Gasteiger partial charge in [-0.1, -0.05) is 42.5 Å². The number of urea groups is 1. The number of hydrogen-bond acceptors (Lipinski definition) is 1. The standard InChI is InChI=1S/C17H13FN2O/c18-13-7-4-8-14(11-13)19-17(21)20-16-10-3-6-12-5-1-2-9-15(12)16/h1-11H,(H2,19,20,21). The molecule has 0 atom stereocenters. The van der Waals surface area contributed by atoms with E-state index in [1.807, 2.05) is 42.5 Å². The van der Waals surface area contributed by atoms with E-state index in [2.05, 4.69) is 10.6 Å². The minimum Gasteiger partial charge on any atom is -0.308 e. The van der Waals surface area contributed by atoms with Crippen LogP contribution in [0.4, 0.5) is 20.6 Å². The second-order valence-electron chi connectivity index (χ2n) is 4.62. The molecule has 0 radical (unpaired) electrons. The van der Waals surface area contributed by atoms with E-state index in [0.29, 0.717) is 11.4 Å². The molecule has 0 heterocycles. The number of amides is 2. The average molecular weight is 280 g/mol. The molecule has 2 N–H and O–H groups in total. The summed E-state index contributed by atoms with van der Waals surface area (Å²) in [6, 6.07) is 18.8. The zero-order chi connectivity index (χ0) is 14.7. The third-order valence-electron chi connectivity index (χ3n) is 3.12. The number of anilines is 2. The van der Waals surface area contributed by atoms with Gasteiger partial charge in [0.1, 0.15) is 5.82 Å². The number of halogens is 1. The van der Waals surface area contributed by atoms with Gasteiger partial charge < -0.3 is 10.6 Å². The van der Waals surface area contributed by atoms with E-state index in [1.165, 1.54) is 12.1 Å². The van der Waals surface area contributed by atoms with Crippen molar-refractivity contribution < 1.29 is 9.18 Å². The number of nitrogens with one attached hydrogen (secondary N) is 2. The van der Waals surface area contributed by atoms with Gasteiger partial charge in [-0.3, -0.25) is 0 Å². The van der Waals surface area contributed by atoms with E-state index in [0.717, 1.165) is 10.8 Å². The molecule has 4 heteroatoms. The van der Waals surface area contributed by atoms with Gasteiger partial charge >= 0.3 is 6.03 Å². The Morgan fingerprint density at radius 1 is 0.857 bits per heavy atom. The van der Waals surface area contributed by atoms with Crippen LogP contribution in [0.15, 0.2) is 66.7 Å². The van der Waals surface area contributed by atoms with Crippen LogP contribution >= 0.6 is 0 Å². The van der Waals surface area contributed by atoms with Crippen molar-refractivity contribution in [1.82, 2.24) is 0 Å². The first-order chi connectivity index (χ1) is 10.2. The molecule has 0 aliphatic heterocycles. The molecule has 21 heavy (non-hydrogen) atoms. The maximum Gasteiger partial charge on any atom is 0.323 e. The summed E-state index contributed by atoms with van der Waals surface area (Å²) >= 11 is 0. The molecule has 0 aliphatic carbocycles. The molecule has 0 aliphatic rings. The smallest absolute Gasteiger partial charge is 0.308 e. The Kier molecular flexibility index (Phi) is 3.51. The lowest BCUT2D eigenvalue weighted by atomic mass is 10.1. The Bertz CT molecular complexity index is 796. The van der Waals surface area contributed by atoms with Crippen LogP contribution in [0.3, 0.4) is 0 Å². The number of fused-ring (bicyclic) bond motifs is 1. The van der Waals surface area contributed by atoms with Crippen molar-refractivity contribution in [3.05, 3.63) is 72.5 Å². The average Bonchev–Trinajstić information content (AvgIpc) is 2.47. The molecule has 0 saturated heterocycles. The lowest BCUT2D eigenvalue weighted by Gasteiger charge is -2.10. The number of carbonyl (C=O) groups is 1. The van der Waals surface area contributed by atoms with Gasteiger partial charge in [-0.05, 0) is 29.7 Å². The molecule has 2 amide bonds. The highest BCUT2D eigenvalue weighted by atomic mass is 19.1. The Morgan fingerprint density at radius 3 is 2.48 bits per heavy atom. The predicted octanol–water partition coefficient (Wildman–Crippen LogP) is 4.62. The summed E-state index contributed by atoms with van der Waals surface area (Å²) in [7, 11) is 0. The summed E-state index contributed by atoms with van der Waals surface area (Å²) < 4.78 is 13.1. The third-order valence-corrected chi connectivity index (χ3v) is 3.12. The van der Waals surface area contributed by atoms with Crippen molar-refractivity contribution in [2.24, 2.45) is 0 Å². The number of hydrogen-bond donors (Lipinski definition) is 2. The molecular weight excluding hydrogens is 267 g/mol. The van der Waals surface area contributed by atoms with E-state index in [4.69, 9.17) is 0 Å². The molecule has 3 aromatic carbocycles. The minimum atomic E-state index is -0.406. The Labute approximate surface area is 121 Å². The fourth-order valence-electron chi connectivity index (χ4n) is 2.19. The monoisotopic (exact) mass is 280 g/mol. The van der Waals surface area contributed by atoms with Crippen LogP contribution in [0, 0.1) is 5.82 Å². The molecule has 0 unspecified atom stereocenters. The van der Waals surface area contributed by atoms with Crippen LogP contribution in [0.2, 0.25) is 0 Å². The van der Waals surface area contributed by atoms with E-state index in [1.54, 1.807) is 12.1 Å². The summed E-state index contributed by atoms with van der Waals surface area (Å²) in [5, 5.41) is 7.38. The molecule has 0 aromatic heterocycles. The second kappa shape index (κ2) is 5.63. The molecule has 0 spiro atoms. The van der Waals surface area contributed by atoms with E-state index in [-0.39, 0.29) is 0 Å². The molecule has 3 nitrogen and oxygen atoms in total. The highest BCUT2D eigenvalue weighted by Crippen LogP contribution is 2.23. The van der Waals surface area contributed by atoms with Crippen LogP contribution in [-0.2, 0) is 0 Å². The summed E-state index contributed by atoms with van der Waals surface area (Å²) in [4.78, 5) is 12.0. The van der Waals surface area contributed by atoms with Crippen molar-refractivity contribution in [2.45, 2.75) is 0 Å². The van der Waals surface area contributed by atoms with Crippen LogP contribution in [-0.4, -0.2) is 6.03 Å². The summed E-state index contributed by atoms with van der Waals surface area (Å²) in [6.45, 7) is 0. The van der Waals surface area contributed by atoms with E-state index >= 15 is 0 Å². The summed E-state index contributed by atoms with van der Waals surface area (Å²) in [6.07, 6.45) is 0. The van der Waals surface area contributed by atoms with Crippen molar-refractivity contribution in [3.63, 3.8) is 0 Å². The molecule has 104 valence electrons. The number of carbonyl (C=O) groups excluding carboxylic acids is 1. The maximum absolute atomic E-state index is 13.1. The van der Waals surface area contributed by atoms with Crippen LogP contribution in [0.1, 0.15) is 0 Å². The van der Waals surface area contributed by atoms with Crippen LogP contribution in [0.25, 0.3) is 10.8 Å². The van der Waals surface area contributed by atoms with Gasteiger partial charge in [-0.2, -0.15) is 0 Å². The fourth-order valence-corrected chi connectivity index (χ4v) is 2.19.